The first kappa shape index (κ1) is 28.2. The Morgan fingerprint density at radius 1 is 1.06 bits per heavy atom. The molecule has 7 heteroatoms. The molecular formula is C26H41N3O4. The molecule has 33 heavy (non-hydrogen) atoms. The van der Waals surface area contributed by atoms with Crippen LogP contribution in [-0.4, -0.2) is 46.5 Å². The van der Waals surface area contributed by atoms with Crippen molar-refractivity contribution in [2.75, 3.05) is 6.54 Å². The van der Waals surface area contributed by atoms with Crippen molar-refractivity contribution in [3.05, 3.63) is 48.0 Å². The van der Waals surface area contributed by atoms with Gasteiger partial charge in [-0.3, -0.25) is 9.59 Å². The number of alkyl carbamates (subject to hydrolysis) is 1. The third-order valence-electron chi connectivity index (χ3n) is 4.67. The second-order valence-electron chi connectivity index (χ2n) is 10.7. The van der Waals surface area contributed by atoms with E-state index in [1.54, 1.807) is 26.8 Å². The van der Waals surface area contributed by atoms with E-state index in [4.69, 9.17) is 4.74 Å². The van der Waals surface area contributed by atoms with Crippen LogP contribution in [0.25, 0.3) is 0 Å². The van der Waals surface area contributed by atoms with Gasteiger partial charge in [0, 0.05) is 12.1 Å². The van der Waals surface area contributed by atoms with Crippen LogP contribution >= 0.6 is 0 Å². The third-order valence-corrected chi connectivity index (χ3v) is 4.67. The smallest absolute Gasteiger partial charge is 0.408 e. The monoisotopic (exact) mass is 459 g/mol. The van der Waals surface area contributed by atoms with Crippen molar-refractivity contribution in [1.82, 2.24) is 15.5 Å². The molecule has 0 aliphatic carbocycles. The standard InChI is InChI=1S/C26H41N3O4/c1-11-16-29(23(31)20(17(2)3)27-24(32)33-26(8,9)10)21(22(30)28-25(5,6)7)19-14-12-18(4)13-15-19/h11-15,17,20-21H,1,16H2,2-10H3,(H,27,32)(H,28,30). The summed E-state index contributed by atoms with van der Waals surface area (Å²) in [6, 6.07) is 5.73. The lowest BCUT2D eigenvalue weighted by molar-refractivity contribution is -0.143. The van der Waals surface area contributed by atoms with Gasteiger partial charge in [0.05, 0.1) is 0 Å². The number of rotatable bonds is 8. The number of aryl methyl sites for hydroxylation is 1. The molecule has 0 aromatic heterocycles. The Hall–Kier alpha value is -2.83. The van der Waals surface area contributed by atoms with Gasteiger partial charge in [-0.05, 0) is 59.9 Å². The van der Waals surface area contributed by atoms with Gasteiger partial charge in [-0.15, -0.1) is 6.58 Å². The first-order chi connectivity index (χ1) is 15.1. The number of benzene rings is 1. The number of carbonyl (C=O) groups is 3. The molecular weight excluding hydrogens is 418 g/mol. The maximum atomic E-state index is 13.8. The normalized spacial score (nSPS) is 13.6. The topological polar surface area (TPSA) is 87.7 Å². The molecule has 0 heterocycles. The van der Waals surface area contributed by atoms with Crippen LogP contribution < -0.4 is 10.6 Å². The van der Waals surface area contributed by atoms with E-state index in [2.05, 4.69) is 17.2 Å². The minimum absolute atomic E-state index is 0.133. The zero-order valence-electron chi connectivity index (χ0n) is 21.6. The summed E-state index contributed by atoms with van der Waals surface area (Å²) < 4.78 is 5.36. The highest BCUT2D eigenvalue weighted by Gasteiger charge is 2.37. The number of hydrogen-bond donors (Lipinski definition) is 2. The molecule has 7 nitrogen and oxygen atoms in total. The van der Waals surface area contributed by atoms with Crippen LogP contribution in [0, 0.1) is 12.8 Å². The molecule has 184 valence electrons. The minimum atomic E-state index is -0.892. The van der Waals surface area contributed by atoms with Crippen molar-refractivity contribution >= 4 is 17.9 Å². The molecule has 0 saturated heterocycles. The van der Waals surface area contributed by atoms with E-state index >= 15 is 0 Å². The highest BCUT2D eigenvalue weighted by molar-refractivity contribution is 5.92. The Labute approximate surface area is 198 Å². The van der Waals surface area contributed by atoms with Gasteiger partial charge in [0.2, 0.25) is 11.8 Å². The van der Waals surface area contributed by atoms with Crippen molar-refractivity contribution < 1.29 is 19.1 Å². The number of nitrogens with one attached hydrogen (secondary N) is 2. The zero-order chi connectivity index (χ0) is 25.6. The van der Waals surface area contributed by atoms with Gasteiger partial charge in [0.15, 0.2) is 0 Å². The molecule has 3 amide bonds. The van der Waals surface area contributed by atoms with Crippen molar-refractivity contribution in [2.24, 2.45) is 5.92 Å². The molecule has 0 radical (unpaired) electrons. The van der Waals surface area contributed by atoms with Crippen LogP contribution in [0.3, 0.4) is 0 Å². The molecule has 2 atom stereocenters. The Kier molecular flexibility index (Phi) is 9.70. The van der Waals surface area contributed by atoms with Crippen LogP contribution in [0.4, 0.5) is 4.79 Å². The number of nitrogens with zero attached hydrogens (tertiary/aromatic N) is 1. The maximum Gasteiger partial charge on any atom is 0.408 e. The lowest BCUT2D eigenvalue weighted by Crippen LogP contribution is -2.56. The third kappa shape index (κ3) is 9.28. The molecule has 2 N–H and O–H groups in total. The largest absolute Gasteiger partial charge is 0.444 e. The van der Waals surface area contributed by atoms with Crippen LogP contribution in [0.15, 0.2) is 36.9 Å². The summed E-state index contributed by atoms with van der Waals surface area (Å²) in [4.78, 5) is 41.1. The van der Waals surface area contributed by atoms with E-state index in [1.807, 2.05) is 65.8 Å². The first-order valence-corrected chi connectivity index (χ1v) is 11.3. The van der Waals surface area contributed by atoms with Crippen molar-refractivity contribution in [3.63, 3.8) is 0 Å². The van der Waals surface area contributed by atoms with E-state index in [0.717, 1.165) is 5.56 Å². The number of carbonyl (C=O) groups excluding carboxylic acids is 3. The minimum Gasteiger partial charge on any atom is -0.444 e. The van der Waals surface area contributed by atoms with Crippen LogP contribution in [-0.2, 0) is 14.3 Å². The Balaban J connectivity index is 3.42. The van der Waals surface area contributed by atoms with Crippen LogP contribution in [0.5, 0.6) is 0 Å². The van der Waals surface area contributed by atoms with Crippen molar-refractivity contribution in [2.45, 2.75) is 85.5 Å². The lowest BCUT2D eigenvalue weighted by atomic mass is 9.97. The molecule has 0 bridgehead atoms. The summed E-state index contributed by atoms with van der Waals surface area (Å²) in [5, 5.41) is 5.68. The SMILES string of the molecule is C=CCN(C(=O)C(NC(=O)OC(C)(C)C)C(C)C)C(C(=O)NC(C)(C)C)c1ccc(C)cc1. The van der Waals surface area contributed by atoms with E-state index in [-0.39, 0.29) is 24.3 Å². The molecule has 0 aliphatic rings. The summed E-state index contributed by atoms with van der Waals surface area (Å²) in [7, 11) is 0. The van der Waals surface area contributed by atoms with Gasteiger partial charge >= 0.3 is 6.09 Å². The highest BCUT2D eigenvalue weighted by Crippen LogP contribution is 2.25. The fourth-order valence-corrected chi connectivity index (χ4v) is 3.25. The summed E-state index contributed by atoms with van der Waals surface area (Å²) >= 11 is 0. The fraction of sp³-hybridized carbons (Fsp3) is 0.577. The van der Waals surface area contributed by atoms with E-state index < -0.39 is 29.3 Å². The highest BCUT2D eigenvalue weighted by atomic mass is 16.6. The molecule has 1 aromatic rings. The quantitative estimate of drug-likeness (QED) is 0.560. The fourth-order valence-electron chi connectivity index (χ4n) is 3.25. The summed E-state index contributed by atoms with van der Waals surface area (Å²) in [6.07, 6.45) is 0.896. The second kappa shape index (κ2) is 11.3. The molecule has 1 rings (SSSR count). The number of hydrogen-bond acceptors (Lipinski definition) is 4. The van der Waals surface area contributed by atoms with E-state index in [1.165, 1.54) is 4.90 Å². The zero-order valence-corrected chi connectivity index (χ0v) is 21.6. The van der Waals surface area contributed by atoms with E-state index in [0.29, 0.717) is 5.56 Å². The Morgan fingerprint density at radius 2 is 1.61 bits per heavy atom. The van der Waals surface area contributed by atoms with Gasteiger partial charge < -0.3 is 20.3 Å². The van der Waals surface area contributed by atoms with Gasteiger partial charge in [-0.2, -0.15) is 0 Å². The molecule has 0 fully saturated rings. The molecule has 0 spiro atoms. The van der Waals surface area contributed by atoms with E-state index in [9.17, 15) is 14.4 Å². The predicted octanol–water partition coefficient (Wildman–Crippen LogP) is 4.51. The molecule has 0 saturated carbocycles. The maximum absolute atomic E-state index is 13.8. The van der Waals surface area contributed by atoms with Gasteiger partial charge in [-0.1, -0.05) is 49.8 Å². The average Bonchev–Trinajstić information content (AvgIpc) is 2.63. The van der Waals surface area contributed by atoms with Gasteiger partial charge in [0.1, 0.15) is 17.7 Å². The Bertz CT molecular complexity index is 833. The van der Waals surface area contributed by atoms with Crippen molar-refractivity contribution in [1.29, 1.82) is 0 Å². The van der Waals surface area contributed by atoms with Gasteiger partial charge in [0.25, 0.3) is 0 Å². The predicted molar refractivity (Wildman–Crippen MR) is 132 cm³/mol. The number of amides is 3. The molecule has 2 unspecified atom stereocenters. The first-order valence-electron chi connectivity index (χ1n) is 11.3. The summed E-state index contributed by atoms with van der Waals surface area (Å²) in [5.41, 5.74) is 0.529. The Morgan fingerprint density at radius 3 is 2.03 bits per heavy atom. The second-order valence-corrected chi connectivity index (χ2v) is 10.7. The van der Waals surface area contributed by atoms with Crippen LogP contribution in [0.1, 0.15) is 72.6 Å². The average molecular weight is 460 g/mol. The summed E-state index contributed by atoms with van der Waals surface area (Å²) in [6.45, 7) is 20.5. The number of ether oxygens (including phenoxy) is 1. The van der Waals surface area contributed by atoms with Crippen LogP contribution in [0.2, 0.25) is 0 Å². The lowest BCUT2D eigenvalue weighted by Gasteiger charge is -2.36. The van der Waals surface area contributed by atoms with Gasteiger partial charge in [-0.25, -0.2) is 4.79 Å². The summed E-state index contributed by atoms with van der Waals surface area (Å²) in [5.74, 6) is -0.923. The molecule has 0 aliphatic heterocycles. The molecule has 1 aromatic carbocycles. The van der Waals surface area contributed by atoms with Crippen molar-refractivity contribution in [3.8, 4) is 0 Å².